The molecule has 0 atom stereocenters. The van der Waals surface area contributed by atoms with E-state index in [9.17, 15) is 0 Å². The maximum absolute atomic E-state index is 6.77. The molecule has 46 heavy (non-hydrogen) atoms. The maximum atomic E-state index is 6.77. The number of aromatic nitrogens is 3. The number of fused-ring (bicyclic) bond motifs is 7. The molecule has 4 nitrogen and oxygen atoms in total. The third-order valence-electron chi connectivity index (χ3n) is 9.35. The van der Waals surface area contributed by atoms with Crippen LogP contribution in [0.4, 0.5) is 0 Å². The Morgan fingerprint density at radius 1 is 0.478 bits per heavy atom. The van der Waals surface area contributed by atoms with Crippen LogP contribution in [0.25, 0.3) is 78.4 Å². The van der Waals surface area contributed by atoms with Crippen molar-refractivity contribution in [3.05, 3.63) is 140 Å². The van der Waals surface area contributed by atoms with Crippen LogP contribution in [0.15, 0.2) is 144 Å². The lowest BCUT2D eigenvalue weighted by Crippen LogP contribution is -2.49. The molecular weight excluding hydrogens is 579 g/mol. The zero-order valence-electron chi connectivity index (χ0n) is 25.5. The van der Waals surface area contributed by atoms with Gasteiger partial charge in [-0.25, -0.2) is 15.0 Å². The van der Waals surface area contributed by atoms with E-state index in [1.54, 1.807) is 0 Å². The van der Waals surface area contributed by atoms with Crippen molar-refractivity contribution in [2.24, 2.45) is 0 Å². The SMILES string of the molecule is C[Si]1(C)c2ccccc2-c2c1cc(-c1nc(-c3ccccc3)nc(-c3ccccc3-c3ccccc3)n1)c1c2oc2ccccc21. The predicted molar refractivity (Wildman–Crippen MR) is 191 cm³/mol. The van der Waals surface area contributed by atoms with Gasteiger partial charge in [-0.15, -0.1) is 0 Å². The number of furan rings is 1. The van der Waals surface area contributed by atoms with Gasteiger partial charge in [-0.1, -0.05) is 140 Å². The average Bonchev–Trinajstić information content (AvgIpc) is 3.61. The van der Waals surface area contributed by atoms with E-state index >= 15 is 0 Å². The summed E-state index contributed by atoms with van der Waals surface area (Å²) in [6, 6.07) is 48.5. The van der Waals surface area contributed by atoms with E-state index in [0.29, 0.717) is 17.5 Å². The van der Waals surface area contributed by atoms with Crippen molar-refractivity contribution >= 4 is 40.4 Å². The van der Waals surface area contributed by atoms with Gasteiger partial charge in [0.25, 0.3) is 0 Å². The van der Waals surface area contributed by atoms with Crippen molar-refractivity contribution in [1.29, 1.82) is 0 Å². The number of para-hydroxylation sites is 1. The molecule has 0 bridgehead atoms. The number of rotatable bonds is 4. The highest BCUT2D eigenvalue weighted by Gasteiger charge is 2.40. The lowest BCUT2D eigenvalue weighted by molar-refractivity contribution is 0.670. The Labute approximate surface area is 268 Å². The Hall–Kier alpha value is -5.65. The van der Waals surface area contributed by atoms with Crippen LogP contribution in [0, 0.1) is 0 Å². The van der Waals surface area contributed by atoms with Gasteiger partial charge in [-0.05, 0) is 39.2 Å². The molecule has 8 aromatic rings. The molecule has 6 aromatic carbocycles. The predicted octanol–water partition coefficient (Wildman–Crippen LogP) is 9.24. The zero-order chi connectivity index (χ0) is 30.8. The summed E-state index contributed by atoms with van der Waals surface area (Å²) in [6.07, 6.45) is 0. The molecule has 0 aliphatic carbocycles. The molecule has 0 unspecified atom stereocenters. The van der Waals surface area contributed by atoms with E-state index in [4.69, 9.17) is 19.4 Å². The monoisotopic (exact) mass is 607 g/mol. The lowest BCUT2D eigenvalue weighted by atomic mass is 9.97. The maximum Gasteiger partial charge on any atom is 0.164 e. The van der Waals surface area contributed by atoms with E-state index in [1.165, 1.54) is 21.5 Å². The van der Waals surface area contributed by atoms with Crippen LogP contribution in [0.1, 0.15) is 0 Å². The number of hydrogen-bond donors (Lipinski definition) is 0. The first-order chi connectivity index (χ1) is 22.6. The Morgan fingerprint density at radius 3 is 1.80 bits per heavy atom. The summed E-state index contributed by atoms with van der Waals surface area (Å²) in [6.45, 7) is 4.86. The Kier molecular flexibility index (Phi) is 5.92. The highest BCUT2D eigenvalue weighted by molar-refractivity contribution is 7.04. The molecular formula is C41H29N3OSi. The van der Waals surface area contributed by atoms with E-state index in [0.717, 1.165) is 49.8 Å². The molecule has 1 aliphatic heterocycles. The van der Waals surface area contributed by atoms with E-state index < -0.39 is 8.07 Å². The quantitative estimate of drug-likeness (QED) is 0.187. The normalized spacial score (nSPS) is 13.2. The molecule has 3 heterocycles. The molecule has 218 valence electrons. The van der Waals surface area contributed by atoms with Crippen molar-refractivity contribution in [3.63, 3.8) is 0 Å². The first kappa shape index (κ1) is 26.7. The van der Waals surface area contributed by atoms with Gasteiger partial charge in [0.05, 0.1) is 0 Å². The fraction of sp³-hybridized carbons (Fsp3) is 0.0488. The third-order valence-corrected chi connectivity index (χ3v) is 12.9. The van der Waals surface area contributed by atoms with Gasteiger partial charge in [-0.2, -0.15) is 0 Å². The van der Waals surface area contributed by atoms with Crippen LogP contribution in [0.2, 0.25) is 13.1 Å². The van der Waals surface area contributed by atoms with Crippen molar-refractivity contribution in [1.82, 2.24) is 15.0 Å². The van der Waals surface area contributed by atoms with Crippen molar-refractivity contribution < 1.29 is 4.42 Å². The summed E-state index contributed by atoms with van der Waals surface area (Å²) in [5, 5.41) is 4.89. The van der Waals surface area contributed by atoms with E-state index in [1.807, 2.05) is 30.3 Å². The van der Waals surface area contributed by atoms with Gasteiger partial charge in [0, 0.05) is 33.0 Å². The van der Waals surface area contributed by atoms with Crippen LogP contribution >= 0.6 is 0 Å². The Balaban J connectivity index is 1.38. The Bertz CT molecular complexity index is 2450. The van der Waals surface area contributed by atoms with Crippen molar-refractivity contribution in [2.75, 3.05) is 0 Å². The fourth-order valence-corrected chi connectivity index (χ4v) is 10.2. The molecule has 0 amide bonds. The minimum absolute atomic E-state index is 0.643. The third kappa shape index (κ3) is 4.02. The summed E-state index contributed by atoms with van der Waals surface area (Å²) < 4.78 is 6.77. The molecule has 0 spiro atoms. The van der Waals surface area contributed by atoms with Crippen LogP contribution in [-0.2, 0) is 0 Å². The topological polar surface area (TPSA) is 51.8 Å². The Morgan fingerprint density at radius 2 is 1.04 bits per heavy atom. The van der Waals surface area contributed by atoms with Gasteiger partial charge in [0.1, 0.15) is 19.2 Å². The van der Waals surface area contributed by atoms with Crippen molar-refractivity contribution in [2.45, 2.75) is 13.1 Å². The van der Waals surface area contributed by atoms with Crippen LogP contribution in [0.5, 0.6) is 0 Å². The molecule has 0 fully saturated rings. The standard InChI is InChI=1S/C41H29N3OSi/c1-46(2)34-24-14-12-22-31(34)37-35(46)25-32(36-30-21-11-13-23-33(30)45-38(36)37)41-43-39(27-17-7-4-8-18-27)42-40(44-41)29-20-10-9-19-28(29)26-15-5-3-6-16-26/h3-25H,1-2H3. The van der Waals surface area contributed by atoms with Crippen LogP contribution in [0.3, 0.4) is 0 Å². The fourth-order valence-electron chi connectivity index (χ4n) is 7.11. The zero-order valence-corrected chi connectivity index (χ0v) is 26.5. The summed E-state index contributed by atoms with van der Waals surface area (Å²) in [5.74, 6) is 1.93. The van der Waals surface area contributed by atoms with Gasteiger partial charge >= 0.3 is 0 Å². The average molecular weight is 608 g/mol. The molecule has 9 rings (SSSR count). The second-order valence-corrected chi connectivity index (χ2v) is 16.7. The first-order valence-corrected chi connectivity index (χ1v) is 18.6. The first-order valence-electron chi connectivity index (χ1n) is 15.6. The lowest BCUT2D eigenvalue weighted by Gasteiger charge is -2.19. The highest BCUT2D eigenvalue weighted by Crippen LogP contribution is 2.43. The smallest absolute Gasteiger partial charge is 0.164 e. The minimum atomic E-state index is -2.05. The number of nitrogens with zero attached hydrogens (tertiary/aromatic N) is 3. The molecule has 5 heteroatoms. The molecule has 0 saturated carbocycles. The van der Waals surface area contributed by atoms with Crippen LogP contribution < -0.4 is 10.4 Å². The molecule has 1 aliphatic rings. The number of benzene rings is 6. The van der Waals surface area contributed by atoms with Crippen LogP contribution in [-0.4, -0.2) is 23.0 Å². The van der Waals surface area contributed by atoms with Crippen molar-refractivity contribution in [3.8, 4) is 56.4 Å². The van der Waals surface area contributed by atoms with Gasteiger partial charge in [-0.3, -0.25) is 0 Å². The summed E-state index contributed by atoms with van der Waals surface area (Å²) >= 11 is 0. The number of hydrogen-bond acceptors (Lipinski definition) is 4. The van der Waals surface area contributed by atoms with E-state index in [2.05, 4.69) is 122 Å². The highest BCUT2D eigenvalue weighted by atomic mass is 28.3. The summed E-state index contributed by atoms with van der Waals surface area (Å²) in [7, 11) is -2.05. The van der Waals surface area contributed by atoms with Gasteiger partial charge < -0.3 is 4.42 Å². The summed E-state index contributed by atoms with van der Waals surface area (Å²) in [4.78, 5) is 15.6. The summed E-state index contributed by atoms with van der Waals surface area (Å²) in [5.41, 5.74) is 9.35. The van der Waals surface area contributed by atoms with Gasteiger partial charge in [0.15, 0.2) is 17.5 Å². The second-order valence-electron chi connectivity index (χ2n) is 12.4. The minimum Gasteiger partial charge on any atom is -0.455 e. The largest absolute Gasteiger partial charge is 0.455 e. The van der Waals surface area contributed by atoms with Gasteiger partial charge in [0.2, 0.25) is 0 Å². The molecule has 0 N–H and O–H groups in total. The molecule has 2 aromatic heterocycles. The van der Waals surface area contributed by atoms with E-state index in [-0.39, 0.29) is 0 Å². The second kappa shape index (κ2) is 10.2. The molecule has 0 saturated heterocycles. The molecule has 0 radical (unpaired) electrons.